The number of aromatic nitrogens is 2. The summed E-state index contributed by atoms with van der Waals surface area (Å²) < 4.78 is 4.81. The Bertz CT molecular complexity index is 2760. The van der Waals surface area contributed by atoms with E-state index in [9.17, 15) is 0 Å². The molecule has 0 bridgehead atoms. The summed E-state index contributed by atoms with van der Waals surface area (Å²) in [6, 6.07) is 62.0. The summed E-state index contributed by atoms with van der Waals surface area (Å²) in [5.41, 5.74) is 10.1. The summed E-state index contributed by atoms with van der Waals surface area (Å²) in [5.74, 6) is 1.52. The summed E-state index contributed by atoms with van der Waals surface area (Å²) in [7, 11) is 0. The summed E-state index contributed by atoms with van der Waals surface area (Å²) in [6.45, 7) is 0. The zero-order valence-electron chi connectivity index (χ0n) is 27.1. The van der Waals surface area contributed by atoms with E-state index in [4.69, 9.17) is 9.98 Å². The molecule has 1 aliphatic rings. The fraction of sp³-hybridized carbons (Fsp3) is 0.0222. The largest absolute Gasteiger partial charge is 0.344 e. The zero-order chi connectivity index (χ0) is 33.0. The molecule has 0 saturated carbocycles. The van der Waals surface area contributed by atoms with Crippen LogP contribution in [0.5, 0.6) is 0 Å². The molecule has 10 rings (SSSR count). The first kappa shape index (κ1) is 28.3. The first-order valence-corrected chi connectivity index (χ1v) is 17.0. The fourth-order valence-electron chi connectivity index (χ4n) is 7.52. The Balaban J connectivity index is 1.15. The summed E-state index contributed by atoms with van der Waals surface area (Å²) in [5, 5.41) is 8.53. The third-order valence-electron chi connectivity index (χ3n) is 9.77. The number of rotatable bonds is 5. The van der Waals surface area contributed by atoms with Crippen molar-refractivity contribution in [2.24, 2.45) is 9.98 Å². The molecular weight excluding hydrogens is 611 g/mol. The van der Waals surface area contributed by atoms with Crippen LogP contribution in [0.1, 0.15) is 22.9 Å². The maximum absolute atomic E-state index is 5.09. The van der Waals surface area contributed by atoms with Crippen LogP contribution in [0.15, 0.2) is 186 Å². The molecule has 0 spiro atoms. The van der Waals surface area contributed by atoms with E-state index in [2.05, 4.69) is 154 Å². The lowest BCUT2D eigenvalue weighted by molar-refractivity contribution is 0.674. The van der Waals surface area contributed by atoms with Gasteiger partial charge in [-0.25, -0.2) is 9.98 Å². The summed E-state index contributed by atoms with van der Waals surface area (Å²) in [6.07, 6.45) is -0.241. The fourth-order valence-corrected chi connectivity index (χ4v) is 7.52. The van der Waals surface area contributed by atoms with Gasteiger partial charge in [-0.15, -0.1) is 0 Å². The van der Waals surface area contributed by atoms with Gasteiger partial charge in [-0.2, -0.15) is 0 Å². The van der Waals surface area contributed by atoms with Gasteiger partial charge in [0.1, 0.15) is 12.0 Å². The third kappa shape index (κ3) is 4.48. The number of hydrogen-bond acceptors (Lipinski definition) is 3. The number of benzene rings is 7. The molecule has 5 nitrogen and oxygen atoms in total. The van der Waals surface area contributed by atoms with E-state index in [1.54, 1.807) is 0 Å². The number of fused-ring (bicyclic) bond motifs is 7. The highest BCUT2D eigenvalue weighted by molar-refractivity contribution is 6.26. The van der Waals surface area contributed by atoms with Gasteiger partial charge >= 0.3 is 0 Å². The van der Waals surface area contributed by atoms with Gasteiger partial charge < -0.3 is 14.5 Å². The molecule has 1 unspecified atom stereocenters. The second-order valence-corrected chi connectivity index (χ2v) is 12.7. The first-order valence-electron chi connectivity index (χ1n) is 17.0. The van der Waals surface area contributed by atoms with Crippen LogP contribution in [0.2, 0.25) is 0 Å². The molecule has 0 fully saturated rings. The zero-order valence-corrected chi connectivity index (χ0v) is 27.1. The summed E-state index contributed by atoms with van der Waals surface area (Å²) >= 11 is 0. The Kier molecular flexibility index (Phi) is 6.49. The molecule has 50 heavy (non-hydrogen) atoms. The Hall–Kier alpha value is -6.72. The van der Waals surface area contributed by atoms with Gasteiger partial charge in [-0.3, -0.25) is 0 Å². The van der Waals surface area contributed by atoms with Crippen molar-refractivity contribution in [3.63, 3.8) is 0 Å². The van der Waals surface area contributed by atoms with Crippen molar-refractivity contribution in [3.8, 4) is 11.4 Å². The minimum absolute atomic E-state index is 0.241. The molecule has 9 aromatic rings. The lowest BCUT2D eigenvalue weighted by Crippen LogP contribution is -2.33. The van der Waals surface area contributed by atoms with E-state index < -0.39 is 0 Å². The van der Waals surface area contributed by atoms with Gasteiger partial charge in [0.25, 0.3) is 0 Å². The number of aliphatic imine (C=N–C) groups is 2. The number of amidine groups is 2. The lowest BCUT2D eigenvalue weighted by atomic mass is 10.1. The minimum Gasteiger partial charge on any atom is -0.344 e. The molecule has 1 N–H and O–H groups in total. The van der Waals surface area contributed by atoms with Crippen molar-refractivity contribution in [1.82, 2.24) is 14.5 Å². The van der Waals surface area contributed by atoms with Crippen molar-refractivity contribution in [2.75, 3.05) is 0 Å². The standard InChI is InChI=1S/C45H31N5/c1-4-14-30(15-5-1)43-46-44(31-16-6-2-7-17-31)48-45(47-43)32-24-26-34(27-25-32)49-39-23-13-11-21-37(39)41-40(49)29-28-36-35-20-10-12-22-38(35)50(42(36)41)33-18-8-3-9-19-33/h1-29,43H,(H,46,47,48). The predicted molar refractivity (Wildman–Crippen MR) is 207 cm³/mol. The van der Waals surface area contributed by atoms with Crippen LogP contribution in [-0.4, -0.2) is 20.8 Å². The van der Waals surface area contributed by atoms with E-state index in [1.807, 2.05) is 36.4 Å². The molecule has 0 radical (unpaired) electrons. The summed E-state index contributed by atoms with van der Waals surface area (Å²) in [4.78, 5) is 10.1. The Labute approximate surface area is 289 Å². The predicted octanol–water partition coefficient (Wildman–Crippen LogP) is 10.4. The Morgan fingerprint density at radius 3 is 1.78 bits per heavy atom. The molecule has 1 aliphatic heterocycles. The molecule has 5 heteroatoms. The quantitative estimate of drug-likeness (QED) is 0.200. The van der Waals surface area contributed by atoms with E-state index >= 15 is 0 Å². The molecule has 1 atom stereocenters. The SMILES string of the molecule is c1ccc(C2=NC(c3ccc(-n4c5ccccc5c5c4ccc4c6ccccc6n(-c6ccccc6)c45)cc3)=NC(c3ccccc3)N2)cc1. The van der Waals surface area contributed by atoms with Crippen LogP contribution in [0.25, 0.3) is 55.0 Å². The average molecular weight is 642 g/mol. The first-order chi connectivity index (χ1) is 24.8. The van der Waals surface area contributed by atoms with Crippen LogP contribution in [0.4, 0.5) is 0 Å². The minimum atomic E-state index is -0.241. The molecule has 0 saturated heterocycles. The van der Waals surface area contributed by atoms with E-state index in [1.165, 1.54) is 43.6 Å². The Morgan fingerprint density at radius 2 is 1.04 bits per heavy atom. The molecule has 0 aliphatic carbocycles. The third-order valence-corrected chi connectivity index (χ3v) is 9.77. The van der Waals surface area contributed by atoms with Gasteiger partial charge in [-0.05, 0) is 60.2 Å². The van der Waals surface area contributed by atoms with E-state index in [0.29, 0.717) is 5.84 Å². The lowest BCUT2D eigenvalue weighted by Gasteiger charge is -2.23. The molecule has 7 aromatic carbocycles. The highest BCUT2D eigenvalue weighted by atomic mass is 15.2. The normalized spacial score (nSPS) is 14.6. The molecular formula is C45H31N5. The van der Waals surface area contributed by atoms with Crippen molar-refractivity contribution in [3.05, 3.63) is 193 Å². The molecule has 0 amide bonds. The second-order valence-electron chi connectivity index (χ2n) is 12.7. The molecule has 236 valence electrons. The van der Waals surface area contributed by atoms with Crippen molar-refractivity contribution in [2.45, 2.75) is 6.17 Å². The van der Waals surface area contributed by atoms with Crippen LogP contribution < -0.4 is 5.32 Å². The van der Waals surface area contributed by atoms with Gasteiger partial charge in [-0.1, -0.05) is 121 Å². The number of hydrogen-bond donors (Lipinski definition) is 1. The number of nitrogens with one attached hydrogen (secondary N) is 1. The topological polar surface area (TPSA) is 46.6 Å². The van der Waals surface area contributed by atoms with Gasteiger partial charge in [0.15, 0.2) is 5.84 Å². The van der Waals surface area contributed by atoms with Crippen LogP contribution in [0.3, 0.4) is 0 Å². The monoisotopic (exact) mass is 641 g/mol. The van der Waals surface area contributed by atoms with Gasteiger partial charge in [0, 0.05) is 44.0 Å². The van der Waals surface area contributed by atoms with E-state index in [0.717, 1.165) is 33.9 Å². The maximum atomic E-state index is 5.09. The van der Waals surface area contributed by atoms with Gasteiger partial charge in [0.2, 0.25) is 0 Å². The Morgan fingerprint density at radius 1 is 0.440 bits per heavy atom. The highest BCUT2D eigenvalue weighted by Crippen LogP contribution is 2.41. The maximum Gasteiger partial charge on any atom is 0.159 e. The van der Waals surface area contributed by atoms with Crippen LogP contribution in [0, 0.1) is 0 Å². The highest BCUT2D eigenvalue weighted by Gasteiger charge is 2.23. The number of para-hydroxylation sites is 3. The van der Waals surface area contributed by atoms with E-state index in [-0.39, 0.29) is 6.17 Å². The van der Waals surface area contributed by atoms with Crippen molar-refractivity contribution in [1.29, 1.82) is 0 Å². The molecule has 3 heterocycles. The smallest absolute Gasteiger partial charge is 0.159 e. The molecule has 2 aromatic heterocycles. The van der Waals surface area contributed by atoms with Crippen molar-refractivity contribution >= 4 is 55.3 Å². The number of nitrogens with zero attached hydrogens (tertiary/aromatic N) is 4. The van der Waals surface area contributed by atoms with Crippen LogP contribution in [-0.2, 0) is 0 Å². The second kappa shape index (κ2) is 11.5. The van der Waals surface area contributed by atoms with Crippen LogP contribution >= 0.6 is 0 Å². The van der Waals surface area contributed by atoms with Crippen molar-refractivity contribution < 1.29 is 0 Å². The van der Waals surface area contributed by atoms with Gasteiger partial charge in [0.05, 0.1) is 22.1 Å². The average Bonchev–Trinajstić information content (AvgIpc) is 3.72.